The summed E-state index contributed by atoms with van der Waals surface area (Å²) in [7, 11) is 0. The third-order valence-corrected chi connectivity index (χ3v) is 5.90. The number of aliphatic hydroxyl groups excluding tert-OH is 2. The molecule has 7 nitrogen and oxygen atoms in total. The molecule has 2 aliphatic rings. The lowest BCUT2D eigenvalue weighted by Crippen LogP contribution is -2.36. The number of aliphatic hydroxyl groups is 2. The zero-order valence-corrected chi connectivity index (χ0v) is 17.2. The Morgan fingerprint density at radius 2 is 1.62 bits per heavy atom. The van der Waals surface area contributed by atoms with E-state index in [0.29, 0.717) is 17.1 Å². The van der Waals surface area contributed by atoms with Crippen molar-refractivity contribution in [2.45, 2.75) is 18.1 Å². The average molecular weight is 433 g/mol. The zero-order chi connectivity index (χ0) is 22.1. The van der Waals surface area contributed by atoms with E-state index in [1.54, 1.807) is 18.2 Å². The van der Waals surface area contributed by atoms with Crippen LogP contribution in [0.5, 0.6) is 11.5 Å². The van der Waals surface area contributed by atoms with Crippen molar-refractivity contribution in [3.63, 3.8) is 0 Å². The number of nitrogens with one attached hydrogen (secondary N) is 1. The van der Waals surface area contributed by atoms with Crippen molar-refractivity contribution in [3.8, 4) is 22.6 Å². The van der Waals surface area contributed by atoms with Gasteiger partial charge in [0.1, 0.15) is 18.8 Å². The van der Waals surface area contributed by atoms with Crippen molar-refractivity contribution < 1.29 is 29.2 Å². The number of ether oxygens (including phenoxy) is 3. The van der Waals surface area contributed by atoms with Gasteiger partial charge in [-0.1, -0.05) is 54.6 Å². The summed E-state index contributed by atoms with van der Waals surface area (Å²) < 4.78 is 16.0. The van der Waals surface area contributed by atoms with E-state index in [4.69, 9.17) is 14.2 Å². The number of alkyl carbamates (subject to hydrolysis) is 1. The third kappa shape index (κ3) is 3.77. The molecule has 164 valence electrons. The highest BCUT2D eigenvalue weighted by molar-refractivity contribution is 5.79. The number of amides is 1. The molecule has 1 amide bonds. The summed E-state index contributed by atoms with van der Waals surface area (Å²) in [6, 6.07) is 21.1. The predicted molar refractivity (Wildman–Crippen MR) is 117 cm³/mol. The van der Waals surface area contributed by atoms with Crippen molar-refractivity contribution in [3.05, 3.63) is 83.4 Å². The summed E-state index contributed by atoms with van der Waals surface area (Å²) in [5.41, 5.74) is 5.02. The number of hydrogen-bond acceptors (Lipinski definition) is 6. The van der Waals surface area contributed by atoms with Crippen LogP contribution in [0, 0.1) is 0 Å². The highest BCUT2D eigenvalue weighted by Gasteiger charge is 2.29. The molecular weight excluding hydrogens is 410 g/mol. The molecule has 0 saturated heterocycles. The molecule has 0 spiro atoms. The number of carbonyl (C=O) groups excluding carboxylic acids is 1. The normalized spacial score (nSPS) is 15.6. The topological polar surface area (TPSA) is 97.3 Å². The molecular formula is C25H23NO6. The monoisotopic (exact) mass is 433 g/mol. The van der Waals surface area contributed by atoms with Gasteiger partial charge >= 0.3 is 6.09 Å². The fourth-order valence-corrected chi connectivity index (χ4v) is 4.27. The molecule has 1 heterocycles. The van der Waals surface area contributed by atoms with E-state index in [0.717, 1.165) is 22.3 Å². The third-order valence-electron chi connectivity index (χ3n) is 5.90. The Morgan fingerprint density at radius 3 is 2.34 bits per heavy atom. The van der Waals surface area contributed by atoms with Gasteiger partial charge in [0.25, 0.3) is 0 Å². The van der Waals surface area contributed by atoms with E-state index in [9.17, 15) is 15.0 Å². The van der Waals surface area contributed by atoms with Crippen molar-refractivity contribution in [2.75, 3.05) is 19.9 Å². The van der Waals surface area contributed by atoms with Crippen LogP contribution in [0.25, 0.3) is 11.1 Å². The Morgan fingerprint density at radius 1 is 0.969 bits per heavy atom. The van der Waals surface area contributed by atoms with E-state index >= 15 is 0 Å². The number of rotatable bonds is 6. The Bertz CT molecular complexity index is 1100. The quantitative estimate of drug-likeness (QED) is 0.552. The molecule has 0 saturated carbocycles. The lowest BCUT2D eigenvalue weighted by Gasteiger charge is -2.19. The second kappa shape index (κ2) is 8.53. The Hall–Kier alpha value is -3.55. The predicted octanol–water partition coefficient (Wildman–Crippen LogP) is 3.35. The molecule has 0 aromatic heterocycles. The summed E-state index contributed by atoms with van der Waals surface area (Å²) in [5, 5.41) is 23.3. The Kier molecular flexibility index (Phi) is 5.43. The molecule has 1 aliphatic carbocycles. The maximum absolute atomic E-state index is 12.3. The van der Waals surface area contributed by atoms with Gasteiger partial charge in [0.2, 0.25) is 6.79 Å². The van der Waals surface area contributed by atoms with Gasteiger partial charge in [-0.2, -0.15) is 0 Å². The summed E-state index contributed by atoms with van der Waals surface area (Å²) in [6.45, 7) is 0.147. The van der Waals surface area contributed by atoms with Gasteiger partial charge in [-0.3, -0.25) is 0 Å². The van der Waals surface area contributed by atoms with Crippen LogP contribution in [0.1, 0.15) is 28.7 Å². The smallest absolute Gasteiger partial charge is 0.407 e. The molecule has 32 heavy (non-hydrogen) atoms. The highest BCUT2D eigenvalue weighted by atomic mass is 16.7. The molecule has 3 aromatic carbocycles. The fraction of sp³-hybridized carbons (Fsp3) is 0.240. The average Bonchev–Trinajstić information content (AvgIpc) is 3.42. The maximum Gasteiger partial charge on any atom is 0.407 e. The summed E-state index contributed by atoms with van der Waals surface area (Å²) in [5.74, 6) is 1.06. The number of hydrogen-bond donors (Lipinski definition) is 3. The summed E-state index contributed by atoms with van der Waals surface area (Å²) >= 11 is 0. The molecule has 0 bridgehead atoms. The standard InChI is InChI=1S/C25H23NO6/c27-21(24(28)15-9-10-22-23(11-15)32-14-31-22)12-26-25(29)30-13-20-18-7-3-1-5-16(18)17-6-2-4-8-19(17)20/h1-11,20-21,24,27-28H,12-14H2,(H,26,29). The van der Waals surface area contributed by atoms with Crippen LogP contribution in [0.3, 0.4) is 0 Å². The minimum absolute atomic E-state index is 0.0442. The first kappa shape index (κ1) is 20.4. The summed E-state index contributed by atoms with van der Waals surface area (Å²) in [4.78, 5) is 12.3. The molecule has 0 radical (unpaired) electrons. The number of benzene rings is 3. The van der Waals surface area contributed by atoms with Gasteiger partial charge in [0.15, 0.2) is 11.5 Å². The Balaban J connectivity index is 1.17. The molecule has 7 heteroatoms. The molecule has 2 atom stereocenters. The van der Waals surface area contributed by atoms with Crippen molar-refractivity contribution in [1.29, 1.82) is 0 Å². The molecule has 3 aromatic rings. The maximum atomic E-state index is 12.3. The van der Waals surface area contributed by atoms with Gasteiger partial charge in [-0.25, -0.2) is 4.79 Å². The van der Waals surface area contributed by atoms with Gasteiger partial charge in [0.05, 0.1) is 0 Å². The molecule has 3 N–H and O–H groups in total. The van der Waals surface area contributed by atoms with Crippen LogP contribution in [-0.4, -0.2) is 42.4 Å². The number of fused-ring (bicyclic) bond motifs is 4. The first-order chi connectivity index (χ1) is 15.6. The van der Waals surface area contributed by atoms with E-state index in [-0.39, 0.29) is 25.9 Å². The van der Waals surface area contributed by atoms with Crippen LogP contribution < -0.4 is 14.8 Å². The zero-order valence-electron chi connectivity index (χ0n) is 17.2. The highest BCUT2D eigenvalue weighted by Crippen LogP contribution is 2.44. The fourth-order valence-electron chi connectivity index (χ4n) is 4.27. The van der Waals surface area contributed by atoms with Crippen LogP contribution in [0.15, 0.2) is 66.7 Å². The van der Waals surface area contributed by atoms with Crippen LogP contribution in [0.4, 0.5) is 4.79 Å². The van der Waals surface area contributed by atoms with Crippen molar-refractivity contribution >= 4 is 6.09 Å². The van der Waals surface area contributed by atoms with Gasteiger partial charge in [-0.15, -0.1) is 0 Å². The first-order valence-corrected chi connectivity index (χ1v) is 10.5. The second-order valence-electron chi connectivity index (χ2n) is 7.83. The number of carbonyl (C=O) groups is 1. The second-order valence-corrected chi connectivity index (χ2v) is 7.83. The lowest BCUT2D eigenvalue weighted by molar-refractivity contribution is 0.0184. The van der Waals surface area contributed by atoms with Gasteiger partial charge in [-0.05, 0) is 39.9 Å². The van der Waals surface area contributed by atoms with Crippen LogP contribution >= 0.6 is 0 Å². The molecule has 5 rings (SSSR count). The van der Waals surface area contributed by atoms with Crippen molar-refractivity contribution in [2.24, 2.45) is 0 Å². The van der Waals surface area contributed by atoms with E-state index in [1.165, 1.54) is 0 Å². The SMILES string of the molecule is O=C(NCC(O)C(O)c1ccc2c(c1)OCO2)OCC1c2ccccc2-c2ccccc21. The van der Waals surface area contributed by atoms with Gasteiger partial charge in [0, 0.05) is 12.5 Å². The minimum Gasteiger partial charge on any atom is -0.454 e. The molecule has 0 fully saturated rings. The molecule has 2 unspecified atom stereocenters. The van der Waals surface area contributed by atoms with E-state index in [1.807, 2.05) is 36.4 Å². The van der Waals surface area contributed by atoms with Crippen LogP contribution in [0.2, 0.25) is 0 Å². The first-order valence-electron chi connectivity index (χ1n) is 10.5. The van der Waals surface area contributed by atoms with Crippen LogP contribution in [-0.2, 0) is 4.74 Å². The Labute approximate surface area is 185 Å². The van der Waals surface area contributed by atoms with Gasteiger partial charge < -0.3 is 29.7 Å². The summed E-state index contributed by atoms with van der Waals surface area (Å²) in [6.07, 6.45) is -3.06. The van der Waals surface area contributed by atoms with E-state index < -0.39 is 18.3 Å². The van der Waals surface area contributed by atoms with Crippen molar-refractivity contribution in [1.82, 2.24) is 5.32 Å². The lowest BCUT2D eigenvalue weighted by atomic mass is 9.98. The largest absolute Gasteiger partial charge is 0.454 e. The van der Waals surface area contributed by atoms with E-state index in [2.05, 4.69) is 17.4 Å². The minimum atomic E-state index is -1.21. The molecule has 1 aliphatic heterocycles.